The van der Waals surface area contributed by atoms with Gasteiger partial charge in [0, 0.05) is 19.6 Å². The first-order chi connectivity index (χ1) is 12.1. The molecule has 0 aliphatic rings. The van der Waals surface area contributed by atoms with Crippen molar-refractivity contribution in [2.24, 2.45) is 5.92 Å². The molecule has 0 fully saturated rings. The van der Waals surface area contributed by atoms with Gasteiger partial charge < -0.3 is 9.47 Å². The van der Waals surface area contributed by atoms with E-state index in [9.17, 15) is 9.18 Å². The number of carbonyl (C=O) groups is 1. The molecule has 4 nitrogen and oxygen atoms in total. The van der Waals surface area contributed by atoms with Crippen molar-refractivity contribution in [3.05, 3.63) is 66.0 Å². The molecule has 0 bridgehead atoms. The summed E-state index contributed by atoms with van der Waals surface area (Å²) in [5.41, 5.74) is 1.14. The van der Waals surface area contributed by atoms with Crippen molar-refractivity contribution in [1.29, 1.82) is 0 Å². The third-order valence-corrected chi connectivity index (χ3v) is 3.89. The minimum atomic E-state index is -0.375. The molecule has 0 amide bonds. The largest absolute Gasteiger partial charge is 0.489 e. The Morgan fingerprint density at radius 1 is 1.12 bits per heavy atom. The van der Waals surface area contributed by atoms with Gasteiger partial charge in [-0.3, -0.25) is 9.69 Å². The van der Waals surface area contributed by atoms with E-state index in [-0.39, 0.29) is 23.5 Å². The highest BCUT2D eigenvalue weighted by Crippen LogP contribution is 2.15. The first kappa shape index (κ1) is 18.9. The zero-order chi connectivity index (χ0) is 18.1. The van der Waals surface area contributed by atoms with Crippen molar-refractivity contribution in [2.75, 3.05) is 26.8 Å². The number of hydrogen-bond acceptors (Lipinski definition) is 4. The monoisotopic (exact) mass is 345 g/mol. The van der Waals surface area contributed by atoms with E-state index in [1.807, 2.05) is 37.3 Å². The van der Waals surface area contributed by atoms with Gasteiger partial charge in [-0.05, 0) is 17.7 Å². The van der Waals surface area contributed by atoms with Gasteiger partial charge in [0.2, 0.25) is 0 Å². The van der Waals surface area contributed by atoms with Gasteiger partial charge in [-0.15, -0.1) is 0 Å². The highest BCUT2D eigenvalue weighted by molar-refractivity contribution is 5.72. The van der Waals surface area contributed by atoms with Gasteiger partial charge in [0.05, 0.1) is 13.0 Å². The van der Waals surface area contributed by atoms with Crippen molar-refractivity contribution < 1.29 is 18.7 Å². The molecule has 0 N–H and O–H groups in total. The van der Waals surface area contributed by atoms with Crippen LogP contribution in [0.3, 0.4) is 0 Å². The number of nitrogens with zero attached hydrogens (tertiary/aromatic N) is 1. The van der Waals surface area contributed by atoms with Crippen LogP contribution >= 0.6 is 0 Å². The lowest BCUT2D eigenvalue weighted by molar-refractivity contribution is -0.145. The smallest absolute Gasteiger partial charge is 0.309 e. The van der Waals surface area contributed by atoms with Crippen LogP contribution in [0.25, 0.3) is 0 Å². The molecule has 2 aromatic rings. The first-order valence-electron chi connectivity index (χ1n) is 8.31. The second kappa shape index (κ2) is 9.79. The molecule has 0 heterocycles. The molecule has 2 aromatic carbocycles. The van der Waals surface area contributed by atoms with Gasteiger partial charge in [0.15, 0.2) is 11.6 Å². The van der Waals surface area contributed by atoms with Crippen LogP contribution in [0.5, 0.6) is 5.75 Å². The quantitative estimate of drug-likeness (QED) is 0.652. The normalized spacial score (nSPS) is 12.0. The third kappa shape index (κ3) is 6.19. The van der Waals surface area contributed by atoms with Gasteiger partial charge in [-0.1, -0.05) is 49.4 Å². The van der Waals surface area contributed by atoms with Gasteiger partial charge in [0.1, 0.15) is 6.61 Å². The Kier molecular flexibility index (Phi) is 7.41. The van der Waals surface area contributed by atoms with E-state index in [1.54, 1.807) is 18.2 Å². The molecule has 2 rings (SSSR count). The molecule has 1 atom stereocenters. The molecule has 0 radical (unpaired) electrons. The van der Waals surface area contributed by atoms with E-state index >= 15 is 0 Å². The number of methoxy groups -OCH3 is 1. The third-order valence-electron chi connectivity index (χ3n) is 3.89. The molecule has 134 valence electrons. The van der Waals surface area contributed by atoms with E-state index in [0.29, 0.717) is 26.2 Å². The molecular weight excluding hydrogens is 321 g/mol. The highest BCUT2D eigenvalue weighted by Gasteiger charge is 2.18. The maximum atomic E-state index is 13.6. The topological polar surface area (TPSA) is 38.8 Å². The summed E-state index contributed by atoms with van der Waals surface area (Å²) in [6.07, 6.45) is 0. The standard InChI is InChI=1S/C20H24FNO3/c1-16(20(23)24-2)14-22(15-17-8-4-3-5-9-17)12-13-25-19-11-7-6-10-18(19)21/h3-11,16H,12-15H2,1-2H3. The predicted molar refractivity (Wildman–Crippen MR) is 94.8 cm³/mol. The van der Waals surface area contributed by atoms with E-state index in [1.165, 1.54) is 13.2 Å². The zero-order valence-electron chi connectivity index (χ0n) is 14.7. The van der Waals surface area contributed by atoms with E-state index in [2.05, 4.69) is 4.90 Å². The fourth-order valence-corrected chi connectivity index (χ4v) is 2.59. The number of esters is 1. The van der Waals surface area contributed by atoms with Crippen LogP contribution in [0.1, 0.15) is 12.5 Å². The summed E-state index contributed by atoms with van der Waals surface area (Å²) in [6, 6.07) is 16.3. The molecule has 0 aromatic heterocycles. The molecule has 0 saturated carbocycles. The number of ether oxygens (including phenoxy) is 2. The Morgan fingerprint density at radius 2 is 1.80 bits per heavy atom. The van der Waals surface area contributed by atoms with Crippen molar-refractivity contribution >= 4 is 5.97 Å². The average molecular weight is 345 g/mol. The lowest BCUT2D eigenvalue weighted by Crippen LogP contribution is -2.35. The summed E-state index contributed by atoms with van der Waals surface area (Å²) in [5.74, 6) is -0.626. The van der Waals surface area contributed by atoms with Crippen LogP contribution in [0.4, 0.5) is 4.39 Å². The Hall–Kier alpha value is -2.40. The molecule has 5 heteroatoms. The summed E-state index contributed by atoms with van der Waals surface area (Å²) in [7, 11) is 1.39. The number of rotatable bonds is 9. The zero-order valence-corrected chi connectivity index (χ0v) is 14.7. The van der Waals surface area contributed by atoms with Gasteiger partial charge in [0.25, 0.3) is 0 Å². The van der Waals surface area contributed by atoms with Crippen LogP contribution in [-0.4, -0.2) is 37.7 Å². The molecule has 0 saturated heterocycles. The average Bonchev–Trinajstić information content (AvgIpc) is 2.63. The van der Waals surface area contributed by atoms with Crippen LogP contribution in [-0.2, 0) is 16.1 Å². The molecule has 1 unspecified atom stereocenters. The van der Waals surface area contributed by atoms with E-state index in [0.717, 1.165) is 5.56 Å². The fraction of sp³-hybridized carbons (Fsp3) is 0.350. The number of carbonyl (C=O) groups excluding carboxylic acids is 1. The van der Waals surface area contributed by atoms with E-state index in [4.69, 9.17) is 9.47 Å². The van der Waals surface area contributed by atoms with Crippen LogP contribution in [0, 0.1) is 11.7 Å². The van der Waals surface area contributed by atoms with Gasteiger partial charge in [-0.25, -0.2) is 4.39 Å². The van der Waals surface area contributed by atoms with Crippen molar-refractivity contribution in [3.63, 3.8) is 0 Å². The number of halogens is 1. The number of hydrogen-bond donors (Lipinski definition) is 0. The Labute approximate surface area is 148 Å². The summed E-state index contributed by atoms with van der Waals surface area (Å²) in [6.45, 7) is 3.97. The SMILES string of the molecule is COC(=O)C(C)CN(CCOc1ccccc1F)Cc1ccccc1. The van der Waals surface area contributed by atoms with Crippen LogP contribution in [0.2, 0.25) is 0 Å². The predicted octanol–water partition coefficient (Wildman–Crippen LogP) is 3.52. The molecule has 0 spiro atoms. The molecule has 0 aliphatic carbocycles. The second-order valence-electron chi connectivity index (χ2n) is 5.92. The molecular formula is C20H24FNO3. The summed E-state index contributed by atoms with van der Waals surface area (Å²) in [5, 5.41) is 0. The molecule has 25 heavy (non-hydrogen) atoms. The molecule has 0 aliphatic heterocycles. The minimum absolute atomic E-state index is 0.239. The highest BCUT2D eigenvalue weighted by atomic mass is 19.1. The van der Waals surface area contributed by atoms with Crippen molar-refractivity contribution in [3.8, 4) is 5.75 Å². The van der Waals surface area contributed by atoms with Crippen molar-refractivity contribution in [2.45, 2.75) is 13.5 Å². The van der Waals surface area contributed by atoms with E-state index < -0.39 is 0 Å². The summed E-state index contributed by atoms with van der Waals surface area (Å²) in [4.78, 5) is 13.8. The van der Waals surface area contributed by atoms with Crippen molar-refractivity contribution in [1.82, 2.24) is 4.90 Å². The fourth-order valence-electron chi connectivity index (χ4n) is 2.59. The number of benzene rings is 2. The minimum Gasteiger partial charge on any atom is -0.489 e. The lowest BCUT2D eigenvalue weighted by Gasteiger charge is -2.25. The van der Waals surface area contributed by atoms with Crippen LogP contribution in [0.15, 0.2) is 54.6 Å². The lowest BCUT2D eigenvalue weighted by atomic mass is 10.1. The summed E-state index contributed by atoms with van der Waals surface area (Å²) >= 11 is 0. The maximum absolute atomic E-state index is 13.6. The number of para-hydroxylation sites is 1. The van der Waals surface area contributed by atoms with Gasteiger partial charge in [-0.2, -0.15) is 0 Å². The Morgan fingerprint density at radius 3 is 2.48 bits per heavy atom. The first-order valence-corrected chi connectivity index (χ1v) is 8.31. The second-order valence-corrected chi connectivity index (χ2v) is 5.92. The Bertz CT molecular complexity index is 663. The summed E-state index contributed by atoms with van der Waals surface area (Å²) < 4.78 is 24.0. The maximum Gasteiger partial charge on any atom is 0.309 e. The van der Waals surface area contributed by atoms with Gasteiger partial charge >= 0.3 is 5.97 Å². The van der Waals surface area contributed by atoms with Crippen LogP contribution < -0.4 is 4.74 Å². The Balaban J connectivity index is 1.95.